The van der Waals surface area contributed by atoms with Crippen LogP contribution >= 0.6 is 0 Å². The Morgan fingerprint density at radius 2 is 2.17 bits per heavy atom. The molecule has 0 atom stereocenters. The number of anilines is 1. The fourth-order valence-corrected chi connectivity index (χ4v) is 1.75. The molecule has 0 fully saturated rings. The fraction of sp³-hybridized carbons (Fsp3) is 0.231. The van der Waals surface area contributed by atoms with E-state index >= 15 is 0 Å². The first-order valence-corrected chi connectivity index (χ1v) is 5.59. The molecule has 3 nitrogen and oxygen atoms in total. The number of rotatable bonds is 3. The molecule has 1 heterocycles. The number of nitrogens with one attached hydrogen (secondary N) is 1. The highest BCUT2D eigenvalue weighted by Crippen LogP contribution is 2.28. The van der Waals surface area contributed by atoms with E-state index in [0.717, 1.165) is 12.5 Å². The van der Waals surface area contributed by atoms with Gasteiger partial charge in [0.1, 0.15) is 17.4 Å². The summed E-state index contributed by atoms with van der Waals surface area (Å²) in [5, 5.41) is 12.3. The molecule has 0 aliphatic rings. The van der Waals surface area contributed by atoms with Crippen molar-refractivity contribution in [3.63, 3.8) is 0 Å². The zero-order chi connectivity index (χ0) is 13.1. The number of hydrogen-bond acceptors (Lipinski definition) is 3. The van der Waals surface area contributed by atoms with Crippen molar-refractivity contribution in [3.05, 3.63) is 35.5 Å². The maximum absolute atomic E-state index is 13.6. The maximum atomic E-state index is 13.6. The molecule has 0 saturated carbocycles. The summed E-state index contributed by atoms with van der Waals surface area (Å²) in [6.07, 6.45) is 2.13. The Hall–Kier alpha value is -2.22. The lowest BCUT2D eigenvalue weighted by Crippen LogP contribution is -2.04. The smallest absolute Gasteiger partial charge is 0.152 e. The summed E-state index contributed by atoms with van der Waals surface area (Å²) in [6, 6.07) is 3.93. The Labute approximate surface area is 103 Å². The van der Waals surface area contributed by atoms with Gasteiger partial charge in [0.05, 0.1) is 11.3 Å². The van der Waals surface area contributed by atoms with Crippen LogP contribution in [0.4, 0.5) is 14.5 Å². The second-order valence-corrected chi connectivity index (χ2v) is 3.87. The van der Waals surface area contributed by atoms with E-state index in [1.165, 1.54) is 12.3 Å². The summed E-state index contributed by atoms with van der Waals surface area (Å²) in [6.45, 7) is 2.58. The molecule has 0 amide bonds. The van der Waals surface area contributed by atoms with Gasteiger partial charge in [0.25, 0.3) is 0 Å². The second-order valence-electron chi connectivity index (χ2n) is 3.87. The van der Waals surface area contributed by atoms with Crippen LogP contribution in [0.1, 0.15) is 18.9 Å². The zero-order valence-corrected chi connectivity index (χ0v) is 9.80. The molecular weight excluding hydrogens is 236 g/mol. The quantitative estimate of drug-likeness (QED) is 0.906. The van der Waals surface area contributed by atoms with E-state index in [1.807, 2.05) is 13.0 Å². The largest absolute Gasteiger partial charge is 0.383 e. The monoisotopic (exact) mass is 247 g/mol. The predicted molar refractivity (Wildman–Crippen MR) is 65.2 cm³/mol. The highest BCUT2D eigenvalue weighted by Gasteiger charge is 2.12. The number of nitrogens with zero attached hydrogens (tertiary/aromatic N) is 2. The Morgan fingerprint density at radius 1 is 1.39 bits per heavy atom. The Balaban J connectivity index is 2.72. The Kier molecular flexibility index (Phi) is 3.38. The van der Waals surface area contributed by atoms with Crippen molar-refractivity contribution in [2.75, 3.05) is 11.9 Å². The molecule has 0 bridgehead atoms. The first-order valence-electron chi connectivity index (χ1n) is 5.59. The van der Waals surface area contributed by atoms with Gasteiger partial charge in [-0.2, -0.15) is 5.26 Å². The minimum Gasteiger partial charge on any atom is -0.383 e. The van der Waals surface area contributed by atoms with E-state index in [-0.39, 0.29) is 11.1 Å². The van der Waals surface area contributed by atoms with Crippen LogP contribution in [-0.4, -0.2) is 11.5 Å². The number of nitriles is 1. The summed E-state index contributed by atoms with van der Waals surface area (Å²) in [5.41, 5.74) is 0.776. The lowest BCUT2D eigenvalue weighted by atomic mass is 10.1. The van der Waals surface area contributed by atoms with Gasteiger partial charge in [0, 0.05) is 24.2 Å². The third-order valence-electron chi connectivity index (χ3n) is 2.56. The Bertz CT molecular complexity index is 632. The number of pyridine rings is 1. The third kappa shape index (κ3) is 2.09. The van der Waals surface area contributed by atoms with Crippen LogP contribution in [-0.2, 0) is 0 Å². The lowest BCUT2D eigenvalue weighted by Gasteiger charge is -2.10. The molecule has 2 rings (SSSR count). The summed E-state index contributed by atoms with van der Waals surface area (Å²) in [5.74, 6) is -1.41. The number of hydrogen-bond donors (Lipinski definition) is 1. The predicted octanol–water partition coefficient (Wildman–Crippen LogP) is 3.21. The molecule has 0 saturated heterocycles. The van der Waals surface area contributed by atoms with Crippen LogP contribution < -0.4 is 5.32 Å². The van der Waals surface area contributed by atoms with E-state index in [1.54, 1.807) is 0 Å². The van der Waals surface area contributed by atoms with Crippen LogP contribution in [0, 0.1) is 23.0 Å². The van der Waals surface area contributed by atoms with Crippen molar-refractivity contribution in [1.29, 1.82) is 5.26 Å². The van der Waals surface area contributed by atoms with E-state index in [9.17, 15) is 8.78 Å². The van der Waals surface area contributed by atoms with Crippen molar-refractivity contribution in [3.8, 4) is 6.07 Å². The molecule has 1 aromatic heterocycles. The minimum atomic E-state index is -0.728. The van der Waals surface area contributed by atoms with Gasteiger partial charge < -0.3 is 5.32 Å². The normalized spacial score (nSPS) is 10.3. The SMILES string of the molecule is CCCNc1c(C#N)cnc2c(F)cc(F)cc12. The molecule has 1 N–H and O–H groups in total. The molecule has 0 aliphatic carbocycles. The molecule has 0 unspecified atom stereocenters. The number of benzene rings is 1. The molecular formula is C13H11F2N3. The van der Waals surface area contributed by atoms with Gasteiger partial charge in [0.15, 0.2) is 5.82 Å². The topological polar surface area (TPSA) is 48.7 Å². The third-order valence-corrected chi connectivity index (χ3v) is 2.56. The van der Waals surface area contributed by atoms with Gasteiger partial charge in [-0.15, -0.1) is 0 Å². The zero-order valence-electron chi connectivity index (χ0n) is 9.80. The van der Waals surface area contributed by atoms with Gasteiger partial charge in [-0.05, 0) is 12.5 Å². The number of aromatic nitrogens is 1. The van der Waals surface area contributed by atoms with Crippen molar-refractivity contribution in [2.24, 2.45) is 0 Å². The van der Waals surface area contributed by atoms with Gasteiger partial charge in [-0.25, -0.2) is 8.78 Å². The summed E-state index contributed by atoms with van der Waals surface area (Å²) >= 11 is 0. The van der Waals surface area contributed by atoms with Crippen molar-refractivity contribution in [2.45, 2.75) is 13.3 Å². The maximum Gasteiger partial charge on any atom is 0.152 e. The van der Waals surface area contributed by atoms with E-state index in [2.05, 4.69) is 10.3 Å². The van der Waals surface area contributed by atoms with Gasteiger partial charge in [-0.1, -0.05) is 6.92 Å². The van der Waals surface area contributed by atoms with Crippen LogP contribution in [0.2, 0.25) is 0 Å². The molecule has 0 radical (unpaired) electrons. The molecule has 1 aromatic carbocycles. The Morgan fingerprint density at radius 3 is 2.83 bits per heavy atom. The van der Waals surface area contributed by atoms with E-state index in [0.29, 0.717) is 17.6 Å². The summed E-state index contributed by atoms with van der Waals surface area (Å²) in [7, 11) is 0. The van der Waals surface area contributed by atoms with E-state index < -0.39 is 11.6 Å². The second kappa shape index (κ2) is 4.96. The average Bonchev–Trinajstić information content (AvgIpc) is 2.35. The van der Waals surface area contributed by atoms with Crippen molar-refractivity contribution >= 4 is 16.6 Å². The molecule has 18 heavy (non-hydrogen) atoms. The summed E-state index contributed by atoms with van der Waals surface area (Å²) in [4.78, 5) is 3.86. The van der Waals surface area contributed by atoms with Crippen LogP contribution in [0.5, 0.6) is 0 Å². The summed E-state index contributed by atoms with van der Waals surface area (Å²) < 4.78 is 26.8. The van der Waals surface area contributed by atoms with Crippen LogP contribution in [0.15, 0.2) is 18.3 Å². The van der Waals surface area contributed by atoms with Gasteiger partial charge >= 0.3 is 0 Å². The molecule has 0 aliphatic heterocycles. The highest BCUT2D eigenvalue weighted by atomic mass is 19.1. The highest BCUT2D eigenvalue weighted by molar-refractivity contribution is 5.94. The number of fused-ring (bicyclic) bond motifs is 1. The van der Waals surface area contributed by atoms with Crippen LogP contribution in [0.25, 0.3) is 10.9 Å². The molecule has 2 aromatic rings. The lowest BCUT2D eigenvalue weighted by molar-refractivity contribution is 0.590. The first-order chi connectivity index (χ1) is 8.67. The van der Waals surface area contributed by atoms with E-state index in [4.69, 9.17) is 5.26 Å². The molecule has 92 valence electrons. The van der Waals surface area contributed by atoms with Crippen molar-refractivity contribution < 1.29 is 8.78 Å². The van der Waals surface area contributed by atoms with Crippen LogP contribution in [0.3, 0.4) is 0 Å². The number of halogens is 2. The minimum absolute atomic E-state index is 0.0639. The van der Waals surface area contributed by atoms with Crippen molar-refractivity contribution in [1.82, 2.24) is 4.98 Å². The standard InChI is InChI=1S/C13H11F2N3/c1-2-3-17-12-8(6-16)7-18-13-10(12)4-9(14)5-11(13)15/h4-5,7H,2-3H2,1H3,(H,17,18). The first kappa shape index (κ1) is 12.2. The molecule has 5 heteroatoms. The molecule has 0 spiro atoms. The fourth-order valence-electron chi connectivity index (χ4n) is 1.75. The van der Waals surface area contributed by atoms with Gasteiger partial charge in [-0.3, -0.25) is 4.98 Å². The average molecular weight is 247 g/mol. The van der Waals surface area contributed by atoms with Gasteiger partial charge in [0.2, 0.25) is 0 Å².